The average Bonchev–Trinajstić information content (AvgIpc) is 3.01. The number of carbonyl (C=O) groups is 1. The molecule has 0 N–H and O–H groups in total. The molecule has 20 heavy (non-hydrogen) atoms. The minimum absolute atomic E-state index is 0.0301. The predicted octanol–water partition coefficient (Wildman–Crippen LogP) is 2.64. The second-order valence-electron chi connectivity index (χ2n) is 4.55. The molecule has 0 radical (unpaired) electrons. The fourth-order valence-electron chi connectivity index (χ4n) is 2.32. The molecule has 0 aliphatic rings. The van der Waals surface area contributed by atoms with Crippen LogP contribution in [0.15, 0.2) is 24.3 Å². The molecule has 3 rings (SSSR count). The van der Waals surface area contributed by atoms with Gasteiger partial charge in [-0.15, -0.1) is 5.10 Å². The van der Waals surface area contributed by atoms with Crippen LogP contribution >= 0.6 is 11.5 Å². The van der Waals surface area contributed by atoms with E-state index in [1.807, 2.05) is 24.3 Å². The van der Waals surface area contributed by atoms with E-state index in [9.17, 15) is 4.79 Å². The first kappa shape index (κ1) is 12.9. The van der Waals surface area contributed by atoms with Crippen molar-refractivity contribution < 1.29 is 4.79 Å². The highest BCUT2D eigenvalue weighted by atomic mass is 32.1. The Morgan fingerprint density at radius 2 is 2.15 bits per heavy atom. The third kappa shape index (κ3) is 2.12. The number of aromatic nitrogens is 4. The SMILES string of the molecule is CCn1c(CC(=O)c2snnc2C)nc2ccccc21. The normalized spacial score (nSPS) is 11.1. The number of Topliss-reactive ketones (excluding diaryl/α,β-unsaturated/α-hetero) is 1. The Morgan fingerprint density at radius 1 is 1.35 bits per heavy atom. The number of nitrogens with zero attached hydrogens (tertiary/aromatic N) is 4. The van der Waals surface area contributed by atoms with Crippen LogP contribution in [0.1, 0.15) is 28.1 Å². The van der Waals surface area contributed by atoms with Gasteiger partial charge in [0.05, 0.1) is 23.1 Å². The van der Waals surface area contributed by atoms with Crippen LogP contribution in [0, 0.1) is 6.92 Å². The lowest BCUT2D eigenvalue weighted by atomic mass is 10.2. The molecule has 102 valence electrons. The summed E-state index contributed by atoms with van der Waals surface area (Å²) in [5, 5.41) is 3.89. The van der Waals surface area contributed by atoms with Crippen LogP contribution < -0.4 is 0 Å². The molecule has 0 bridgehead atoms. The third-order valence-corrected chi connectivity index (χ3v) is 4.14. The fraction of sp³-hybridized carbons (Fsp3) is 0.286. The van der Waals surface area contributed by atoms with E-state index in [-0.39, 0.29) is 12.2 Å². The predicted molar refractivity (Wildman–Crippen MR) is 78.1 cm³/mol. The molecule has 0 saturated carbocycles. The van der Waals surface area contributed by atoms with Crippen molar-refractivity contribution in [2.75, 3.05) is 0 Å². The summed E-state index contributed by atoms with van der Waals surface area (Å²) in [6, 6.07) is 7.94. The number of benzene rings is 1. The van der Waals surface area contributed by atoms with E-state index in [0.717, 1.165) is 34.9 Å². The zero-order valence-corrected chi connectivity index (χ0v) is 12.1. The molecule has 6 heteroatoms. The number of ketones is 1. The Morgan fingerprint density at radius 3 is 2.85 bits per heavy atom. The van der Waals surface area contributed by atoms with Gasteiger partial charge in [0.25, 0.3) is 0 Å². The Hall–Kier alpha value is -2.08. The van der Waals surface area contributed by atoms with E-state index < -0.39 is 0 Å². The van der Waals surface area contributed by atoms with Crippen molar-refractivity contribution in [2.45, 2.75) is 26.8 Å². The van der Waals surface area contributed by atoms with E-state index in [1.165, 1.54) is 0 Å². The van der Waals surface area contributed by atoms with Gasteiger partial charge in [-0.25, -0.2) is 4.98 Å². The largest absolute Gasteiger partial charge is 0.328 e. The first-order chi connectivity index (χ1) is 9.70. The number of hydrogen-bond donors (Lipinski definition) is 0. The van der Waals surface area contributed by atoms with Crippen molar-refractivity contribution in [1.82, 2.24) is 19.1 Å². The summed E-state index contributed by atoms with van der Waals surface area (Å²) >= 11 is 1.15. The summed E-state index contributed by atoms with van der Waals surface area (Å²) in [6.07, 6.45) is 0.285. The maximum absolute atomic E-state index is 12.3. The molecule has 5 nitrogen and oxygen atoms in total. The van der Waals surface area contributed by atoms with Crippen LogP contribution in [0.3, 0.4) is 0 Å². The van der Waals surface area contributed by atoms with Crippen molar-refractivity contribution >= 4 is 28.3 Å². The van der Waals surface area contributed by atoms with E-state index in [1.54, 1.807) is 6.92 Å². The first-order valence-corrected chi connectivity index (χ1v) is 7.24. The van der Waals surface area contributed by atoms with E-state index in [4.69, 9.17) is 0 Å². The van der Waals surface area contributed by atoms with E-state index >= 15 is 0 Å². The van der Waals surface area contributed by atoms with Gasteiger partial charge in [-0.1, -0.05) is 16.6 Å². The van der Waals surface area contributed by atoms with Gasteiger partial charge in [0.2, 0.25) is 0 Å². The molecule has 0 amide bonds. The smallest absolute Gasteiger partial charge is 0.183 e. The molecule has 3 aromatic rings. The summed E-state index contributed by atoms with van der Waals surface area (Å²) in [7, 11) is 0. The Balaban J connectivity index is 1.99. The highest BCUT2D eigenvalue weighted by Crippen LogP contribution is 2.19. The maximum atomic E-state index is 12.3. The number of hydrogen-bond acceptors (Lipinski definition) is 5. The average molecular weight is 286 g/mol. The van der Waals surface area contributed by atoms with Gasteiger partial charge in [-0.05, 0) is 37.5 Å². The van der Waals surface area contributed by atoms with Crippen LogP contribution in [0.25, 0.3) is 11.0 Å². The van der Waals surface area contributed by atoms with Crippen LogP contribution in [0.2, 0.25) is 0 Å². The van der Waals surface area contributed by atoms with Crippen molar-refractivity contribution in [3.8, 4) is 0 Å². The van der Waals surface area contributed by atoms with Gasteiger partial charge < -0.3 is 4.57 Å². The van der Waals surface area contributed by atoms with Gasteiger partial charge in [0.1, 0.15) is 10.7 Å². The van der Waals surface area contributed by atoms with Crippen molar-refractivity contribution in [1.29, 1.82) is 0 Å². The standard InChI is InChI=1S/C14H14N4OS/c1-3-18-11-7-5-4-6-10(11)15-13(18)8-12(19)14-9(2)16-17-20-14/h4-7H,3,8H2,1-2H3. The third-order valence-electron chi connectivity index (χ3n) is 3.27. The zero-order valence-electron chi connectivity index (χ0n) is 11.3. The maximum Gasteiger partial charge on any atom is 0.183 e. The Labute approximate surface area is 120 Å². The lowest BCUT2D eigenvalue weighted by Gasteiger charge is -2.04. The van der Waals surface area contributed by atoms with Crippen molar-refractivity contribution in [3.63, 3.8) is 0 Å². The molecule has 0 aliphatic heterocycles. The Bertz CT molecular complexity index is 774. The Kier molecular flexibility index (Phi) is 3.31. The quantitative estimate of drug-likeness (QED) is 0.692. The lowest BCUT2D eigenvalue weighted by Crippen LogP contribution is -2.09. The molecule has 0 fully saturated rings. The number of rotatable bonds is 4. The zero-order chi connectivity index (χ0) is 14.1. The molecule has 1 aromatic carbocycles. The number of carbonyl (C=O) groups excluding carboxylic acids is 1. The van der Waals surface area contributed by atoms with E-state index in [0.29, 0.717) is 10.6 Å². The van der Waals surface area contributed by atoms with E-state index in [2.05, 4.69) is 26.1 Å². The monoisotopic (exact) mass is 286 g/mol. The van der Waals surface area contributed by atoms with Gasteiger partial charge in [0, 0.05) is 6.54 Å². The lowest BCUT2D eigenvalue weighted by molar-refractivity contribution is 0.0993. The second kappa shape index (κ2) is 5.13. The van der Waals surface area contributed by atoms with Crippen LogP contribution in [-0.2, 0) is 13.0 Å². The molecule has 0 atom stereocenters. The van der Waals surface area contributed by atoms with Gasteiger partial charge >= 0.3 is 0 Å². The summed E-state index contributed by atoms with van der Waals surface area (Å²) < 4.78 is 5.89. The molecule has 2 heterocycles. The van der Waals surface area contributed by atoms with Gasteiger partial charge in [-0.2, -0.15) is 0 Å². The molecule has 0 saturated heterocycles. The van der Waals surface area contributed by atoms with Crippen LogP contribution in [-0.4, -0.2) is 24.9 Å². The van der Waals surface area contributed by atoms with Gasteiger partial charge in [-0.3, -0.25) is 4.79 Å². The molecular weight excluding hydrogens is 272 g/mol. The molecule has 2 aromatic heterocycles. The van der Waals surface area contributed by atoms with Crippen LogP contribution in [0.4, 0.5) is 0 Å². The number of para-hydroxylation sites is 2. The molecule has 0 spiro atoms. The number of fused-ring (bicyclic) bond motifs is 1. The molecular formula is C14H14N4OS. The first-order valence-electron chi connectivity index (χ1n) is 6.47. The van der Waals surface area contributed by atoms with Gasteiger partial charge in [0.15, 0.2) is 5.78 Å². The summed E-state index contributed by atoms with van der Waals surface area (Å²) in [6.45, 7) is 4.66. The van der Waals surface area contributed by atoms with Crippen molar-refractivity contribution in [3.05, 3.63) is 40.7 Å². The highest BCUT2D eigenvalue weighted by molar-refractivity contribution is 7.08. The van der Waals surface area contributed by atoms with Crippen molar-refractivity contribution in [2.24, 2.45) is 0 Å². The summed E-state index contributed by atoms with van der Waals surface area (Å²) in [5.74, 6) is 0.828. The molecule has 0 unspecified atom stereocenters. The topological polar surface area (TPSA) is 60.7 Å². The fourth-order valence-corrected chi connectivity index (χ4v) is 2.92. The number of imidazole rings is 1. The highest BCUT2D eigenvalue weighted by Gasteiger charge is 2.18. The minimum Gasteiger partial charge on any atom is -0.328 e. The van der Waals surface area contributed by atoms with Crippen LogP contribution in [0.5, 0.6) is 0 Å². The summed E-state index contributed by atoms with van der Waals surface area (Å²) in [4.78, 5) is 17.5. The second-order valence-corrected chi connectivity index (χ2v) is 5.30. The summed E-state index contributed by atoms with van der Waals surface area (Å²) in [5.41, 5.74) is 2.69. The minimum atomic E-state index is 0.0301. The number of aryl methyl sites for hydroxylation is 2. The molecule has 0 aliphatic carbocycles.